The van der Waals surface area contributed by atoms with Crippen LogP contribution >= 0.6 is 0 Å². The van der Waals surface area contributed by atoms with Gasteiger partial charge in [-0.25, -0.2) is 9.97 Å². The molecule has 8 heteroatoms. The van der Waals surface area contributed by atoms with Gasteiger partial charge in [-0.2, -0.15) is 0 Å². The van der Waals surface area contributed by atoms with Gasteiger partial charge >= 0.3 is 0 Å². The van der Waals surface area contributed by atoms with Gasteiger partial charge in [-0.05, 0) is 31.9 Å². The highest BCUT2D eigenvalue weighted by molar-refractivity contribution is 5.93. The van der Waals surface area contributed by atoms with Crippen LogP contribution in [0.25, 0.3) is 11.4 Å². The van der Waals surface area contributed by atoms with Crippen molar-refractivity contribution in [1.29, 1.82) is 0 Å². The molecule has 3 aromatic heterocycles. The van der Waals surface area contributed by atoms with E-state index in [-0.39, 0.29) is 11.9 Å². The number of hydrogen-bond donors (Lipinski definition) is 1. The molecule has 138 valence electrons. The molecule has 0 aliphatic heterocycles. The maximum atomic E-state index is 12.6. The molecule has 1 aliphatic carbocycles. The predicted octanol–water partition coefficient (Wildman–Crippen LogP) is 2.74. The van der Waals surface area contributed by atoms with Gasteiger partial charge in [0.05, 0.1) is 11.6 Å². The molecule has 0 aromatic carbocycles. The van der Waals surface area contributed by atoms with E-state index in [4.69, 9.17) is 0 Å². The van der Waals surface area contributed by atoms with Crippen molar-refractivity contribution in [1.82, 2.24) is 35.0 Å². The molecule has 0 radical (unpaired) electrons. The van der Waals surface area contributed by atoms with Gasteiger partial charge in [-0.1, -0.05) is 12.8 Å². The lowest BCUT2D eigenvalue weighted by Gasteiger charge is -2.18. The molecular weight excluding hydrogens is 342 g/mol. The Kier molecular flexibility index (Phi) is 4.86. The molecule has 0 bridgehead atoms. The summed E-state index contributed by atoms with van der Waals surface area (Å²) in [6.45, 7) is 1.91. The second kappa shape index (κ2) is 7.61. The number of aromatic nitrogens is 6. The van der Waals surface area contributed by atoms with Gasteiger partial charge in [-0.15, -0.1) is 10.2 Å². The SMILES string of the molecule is C[C@H](NC(=O)c1cnc(-c2cccnc2)nc1)c1nncn1C1CCCC1. The molecule has 4 rings (SSSR count). The minimum atomic E-state index is -0.251. The normalized spacial score (nSPS) is 15.6. The highest BCUT2D eigenvalue weighted by Crippen LogP contribution is 2.31. The first-order valence-corrected chi connectivity index (χ1v) is 9.15. The highest BCUT2D eigenvalue weighted by Gasteiger charge is 2.23. The Morgan fingerprint density at radius 3 is 2.70 bits per heavy atom. The average Bonchev–Trinajstić information content (AvgIpc) is 3.40. The fourth-order valence-electron chi connectivity index (χ4n) is 3.46. The van der Waals surface area contributed by atoms with Crippen LogP contribution < -0.4 is 5.32 Å². The molecule has 0 spiro atoms. The van der Waals surface area contributed by atoms with Crippen molar-refractivity contribution >= 4 is 5.91 Å². The van der Waals surface area contributed by atoms with E-state index in [2.05, 4.69) is 35.0 Å². The zero-order valence-electron chi connectivity index (χ0n) is 15.1. The Bertz CT molecular complexity index is 901. The number of pyridine rings is 1. The van der Waals surface area contributed by atoms with E-state index in [1.54, 1.807) is 18.7 Å². The van der Waals surface area contributed by atoms with E-state index in [0.717, 1.165) is 24.2 Å². The number of rotatable bonds is 5. The largest absolute Gasteiger partial charge is 0.342 e. The van der Waals surface area contributed by atoms with Crippen molar-refractivity contribution in [3.05, 3.63) is 54.6 Å². The topological polar surface area (TPSA) is 98.5 Å². The molecule has 1 amide bonds. The van der Waals surface area contributed by atoms with Gasteiger partial charge in [0.15, 0.2) is 11.6 Å². The van der Waals surface area contributed by atoms with Crippen LogP contribution in [0.15, 0.2) is 43.2 Å². The molecule has 3 aromatic rings. The fourth-order valence-corrected chi connectivity index (χ4v) is 3.46. The Labute approximate surface area is 157 Å². The van der Waals surface area contributed by atoms with Crippen LogP contribution in [0.3, 0.4) is 0 Å². The lowest BCUT2D eigenvalue weighted by atomic mass is 10.2. The quantitative estimate of drug-likeness (QED) is 0.748. The number of carbonyl (C=O) groups excluding carboxylic acids is 1. The lowest BCUT2D eigenvalue weighted by molar-refractivity contribution is 0.0936. The molecule has 0 unspecified atom stereocenters. The van der Waals surface area contributed by atoms with Crippen molar-refractivity contribution in [3.8, 4) is 11.4 Å². The van der Waals surface area contributed by atoms with E-state index in [1.807, 2.05) is 19.1 Å². The van der Waals surface area contributed by atoms with Gasteiger partial charge in [-0.3, -0.25) is 9.78 Å². The van der Waals surface area contributed by atoms with Crippen molar-refractivity contribution < 1.29 is 4.79 Å². The molecule has 1 fully saturated rings. The Hall–Kier alpha value is -3.16. The summed E-state index contributed by atoms with van der Waals surface area (Å²) in [5, 5.41) is 11.2. The molecular formula is C19H21N7O. The molecule has 1 aliphatic rings. The van der Waals surface area contributed by atoms with Crippen molar-refractivity contribution in [2.75, 3.05) is 0 Å². The van der Waals surface area contributed by atoms with Crippen LogP contribution in [-0.4, -0.2) is 35.6 Å². The van der Waals surface area contributed by atoms with Gasteiger partial charge in [0, 0.05) is 36.4 Å². The number of hydrogen-bond acceptors (Lipinski definition) is 6. The third kappa shape index (κ3) is 3.69. The van der Waals surface area contributed by atoms with E-state index in [1.165, 1.54) is 25.2 Å². The second-order valence-corrected chi connectivity index (χ2v) is 6.77. The maximum absolute atomic E-state index is 12.6. The highest BCUT2D eigenvalue weighted by atomic mass is 16.1. The summed E-state index contributed by atoms with van der Waals surface area (Å²) in [5.41, 5.74) is 1.21. The summed E-state index contributed by atoms with van der Waals surface area (Å²) in [7, 11) is 0. The number of amides is 1. The molecule has 0 saturated heterocycles. The van der Waals surface area contributed by atoms with E-state index < -0.39 is 0 Å². The zero-order valence-corrected chi connectivity index (χ0v) is 15.1. The molecule has 3 heterocycles. The predicted molar refractivity (Wildman–Crippen MR) is 98.7 cm³/mol. The van der Waals surface area contributed by atoms with Crippen LogP contribution in [-0.2, 0) is 0 Å². The summed E-state index contributed by atoms with van der Waals surface area (Å²) in [6, 6.07) is 3.87. The van der Waals surface area contributed by atoms with Crippen LogP contribution in [0.4, 0.5) is 0 Å². The minimum absolute atomic E-state index is 0.235. The third-order valence-electron chi connectivity index (χ3n) is 4.89. The van der Waals surface area contributed by atoms with Crippen LogP contribution in [0.2, 0.25) is 0 Å². The molecule has 1 saturated carbocycles. The van der Waals surface area contributed by atoms with Crippen LogP contribution in [0.5, 0.6) is 0 Å². The third-order valence-corrected chi connectivity index (χ3v) is 4.89. The summed E-state index contributed by atoms with van der Waals surface area (Å²) in [4.78, 5) is 25.2. The van der Waals surface area contributed by atoms with Crippen molar-refractivity contribution in [3.63, 3.8) is 0 Å². The first-order chi connectivity index (χ1) is 13.2. The summed E-state index contributed by atoms with van der Waals surface area (Å²) in [6.07, 6.45) is 12.9. The maximum Gasteiger partial charge on any atom is 0.254 e. The van der Waals surface area contributed by atoms with E-state index in [0.29, 0.717) is 17.4 Å². The van der Waals surface area contributed by atoms with Gasteiger partial charge < -0.3 is 9.88 Å². The molecule has 1 atom stereocenters. The number of nitrogens with zero attached hydrogens (tertiary/aromatic N) is 6. The van der Waals surface area contributed by atoms with E-state index >= 15 is 0 Å². The minimum Gasteiger partial charge on any atom is -0.342 e. The van der Waals surface area contributed by atoms with Crippen LogP contribution in [0, 0.1) is 0 Å². The van der Waals surface area contributed by atoms with E-state index in [9.17, 15) is 4.79 Å². The average molecular weight is 363 g/mol. The lowest BCUT2D eigenvalue weighted by Crippen LogP contribution is -2.29. The second-order valence-electron chi connectivity index (χ2n) is 6.77. The standard InChI is InChI=1S/C19H21N7O/c1-13(18-25-23-12-26(18)16-6-2-3-7-16)24-19(27)15-10-21-17(22-11-15)14-5-4-8-20-9-14/h4-5,8-13,16H,2-3,6-7H2,1H3,(H,24,27)/t13-/m0/s1. The van der Waals surface area contributed by atoms with Crippen LogP contribution in [0.1, 0.15) is 60.9 Å². The first-order valence-electron chi connectivity index (χ1n) is 9.15. The smallest absolute Gasteiger partial charge is 0.254 e. The fraction of sp³-hybridized carbons (Fsp3) is 0.368. The van der Waals surface area contributed by atoms with Crippen molar-refractivity contribution in [2.45, 2.75) is 44.7 Å². The molecule has 1 N–H and O–H groups in total. The molecule has 8 nitrogen and oxygen atoms in total. The van der Waals surface area contributed by atoms with Gasteiger partial charge in [0.25, 0.3) is 5.91 Å². The monoisotopic (exact) mass is 363 g/mol. The van der Waals surface area contributed by atoms with Gasteiger partial charge in [0.2, 0.25) is 0 Å². The number of carbonyl (C=O) groups is 1. The molecule has 27 heavy (non-hydrogen) atoms. The number of nitrogens with one attached hydrogen (secondary N) is 1. The Balaban J connectivity index is 1.45. The summed E-state index contributed by atoms with van der Waals surface area (Å²) >= 11 is 0. The van der Waals surface area contributed by atoms with Crippen molar-refractivity contribution in [2.24, 2.45) is 0 Å². The Morgan fingerprint density at radius 2 is 2.00 bits per heavy atom. The zero-order chi connectivity index (χ0) is 18.6. The Morgan fingerprint density at radius 1 is 1.22 bits per heavy atom. The summed E-state index contributed by atoms with van der Waals surface area (Å²) < 4.78 is 2.10. The van der Waals surface area contributed by atoms with Gasteiger partial charge in [0.1, 0.15) is 6.33 Å². The first kappa shape index (κ1) is 17.3. The summed E-state index contributed by atoms with van der Waals surface area (Å²) in [5.74, 6) is 1.08.